The number of carbonyl (C=O) groups excluding carboxylic acids is 2. The average Bonchev–Trinajstić information content (AvgIpc) is 2.62. The minimum absolute atomic E-state index is 0.132. The van der Waals surface area contributed by atoms with Crippen molar-refractivity contribution >= 4 is 11.9 Å². The second-order valence-corrected chi connectivity index (χ2v) is 8.68. The van der Waals surface area contributed by atoms with Crippen LogP contribution in [0.2, 0.25) is 0 Å². The van der Waals surface area contributed by atoms with Gasteiger partial charge in [-0.25, -0.2) is 4.79 Å². The summed E-state index contributed by atoms with van der Waals surface area (Å²) in [4.78, 5) is 31.1. The predicted molar refractivity (Wildman–Crippen MR) is 111 cm³/mol. The zero-order valence-corrected chi connectivity index (χ0v) is 18.9. The van der Waals surface area contributed by atoms with Crippen molar-refractivity contribution in [3.8, 4) is 11.5 Å². The smallest absolute Gasteiger partial charge is 0.330 e. The van der Waals surface area contributed by atoms with Crippen LogP contribution in [-0.2, 0) is 14.4 Å². The number of rotatable bonds is 5. The summed E-state index contributed by atoms with van der Waals surface area (Å²) in [5.41, 5.74) is 2.21. The van der Waals surface area contributed by atoms with E-state index in [9.17, 15) is 9.59 Å². The molecule has 1 atom stereocenters. The number of hydroxylamine groups is 2. The summed E-state index contributed by atoms with van der Waals surface area (Å²) in [6, 6.07) is 1.92. The number of ether oxygens (including phenoxy) is 2. The van der Waals surface area contributed by atoms with E-state index in [1.54, 1.807) is 5.06 Å². The summed E-state index contributed by atoms with van der Waals surface area (Å²) < 4.78 is 11.6. The maximum Gasteiger partial charge on any atom is 0.330 e. The third-order valence-electron chi connectivity index (χ3n) is 5.13. The fourth-order valence-corrected chi connectivity index (χ4v) is 3.12. The van der Waals surface area contributed by atoms with Crippen LogP contribution < -0.4 is 9.47 Å². The van der Waals surface area contributed by atoms with Crippen molar-refractivity contribution < 1.29 is 23.9 Å². The van der Waals surface area contributed by atoms with Gasteiger partial charge in [0, 0.05) is 33.1 Å². The Morgan fingerprint density at radius 3 is 2.14 bits per heavy atom. The van der Waals surface area contributed by atoms with Gasteiger partial charge in [0.05, 0.1) is 5.41 Å². The van der Waals surface area contributed by atoms with Gasteiger partial charge >= 0.3 is 11.9 Å². The minimum atomic E-state index is -0.515. The molecule has 0 aromatic heterocycles. The van der Waals surface area contributed by atoms with Crippen molar-refractivity contribution in [1.29, 1.82) is 0 Å². The molecule has 0 saturated carbocycles. The molecule has 7 nitrogen and oxygen atoms in total. The lowest BCUT2D eigenvalue weighted by Gasteiger charge is -2.37. The van der Waals surface area contributed by atoms with Crippen molar-refractivity contribution in [2.75, 3.05) is 26.2 Å². The highest BCUT2D eigenvalue weighted by molar-refractivity contribution is 5.75. The molecule has 0 radical (unpaired) electrons. The number of benzene rings is 1. The van der Waals surface area contributed by atoms with E-state index < -0.39 is 5.41 Å². The van der Waals surface area contributed by atoms with E-state index >= 15 is 0 Å². The summed E-state index contributed by atoms with van der Waals surface area (Å²) in [5, 5.41) is 1.73. The van der Waals surface area contributed by atoms with Crippen molar-refractivity contribution in [1.82, 2.24) is 9.96 Å². The van der Waals surface area contributed by atoms with Crippen LogP contribution in [0.5, 0.6) is 11.5 Å². The quantitative estimate of drug-likeness (QED) is 0.548. The molecule has 1 saturated heterocycles. The van der Waals surface area contributed by atoms with Crippen molar-refractivity contribution in [3.63, 3.8) is 0 Å². The zero-order valence-electron chi connectivity index (χ0n) is 18.9. The molecule has 2 rings (SSSR count). The Labute approximate surface area is 173 Å². The lowest BCUT2D eigenvalue weighted by molar-refractivity contribution is -0.209. The molecule has 1 aromatic carbocycles. The molecule has 0 amide bonds. The van der Waals surface area contributed by atoms with Gasteiger partial charge in [0.25, 0.3) is 0 Å². The largest absolute Gasteiger partial charge is 0.475 e. The monoisotopic (exact) mass is 406 g/mol. The molecule has 1 unspecified atom stereocenters. The predicted octanol–water partition coefficient (Wildman–Crippen LogP) is 3.38. The van der Waals surface area contributed by atoms with Crippen LogP contribution in [0.1, 0.15) is 51.3 Å². The van der Waals surface area contributed by atoms with E-state index in [-0.39, 0.29) is 18.2 Å². The first-order valence-corrected chi connectivity index (χ1v) is 10.1. The maximum atomic E-state index is 12.1. The zero-order chi connectivity index (χ0) is 21.9. The van der Waals surface area contributed by atoms with Gasteiger partial charge in [-0.05, 0) is 71.2 Å². The van der Waals surface area contributed by atoms with Gasteiger partial charge in [-0.3, -0.25) is 9.69 Å². The van der Waals surface area contributed by atoms with Gasteiger partial charge in [0.15, 0.2) is 0 Å². The Balaban J connectivity index is 1.99. The Bertz CT molecular complexity index is 761. The van der Waals surface area contributed by atoms with Crippen molar-refractivity contribution in [3.05, 3.63) is 22.8 Å². The molecule has 0 aliphatic carbocycles. The summed E-state index contributed by atoms with van der Waals surface area (Å²) in [5.74, 6) is 0.835. The van der Waals surface area contributed by atoms with Crippen molar-refractivity contribution in [2.24, 2.45) is 5.41 Å². The van der Waals surface area contributed by atoms with E-state index in [4.69, 9.17) is 14.3 Å². The van der Waals surface area contributed by atoms with Gasteiger partial charge in [-0.15, -0.1) is 5.06 Å². The fraction of sp³-hybridized carbons (Fsp3) is 0.636. The molecule has 0 bridgehead atoms. The van der Waals surface area contributed by atoms with E-state index in [0.29, 0.717) is 18.8 Å². The highest BCUT2D eigenvalue weighted by Gasteiger charge is 2.29. The normalized spacial score (nSPS) is 17.0. The van der Waals surface area contributed by atoms with Crippen LogP contribution in [0.4, 0.5) is 0 Å². The first kappa shape index (κ1) is 23.2. The number of esters is 1. The summed E-state index contributed by atoms with van der Waals surface area (Å²) in [6.07, 6.45) is -0.132. The Morgan fingerprint density at radius 1 is 1.03 bits per heavy atom. The van der Waals surface area contributed by atoms with E-state index in [0.717, 1.165) is 35.5 Å². The number of piperazine rings is 1. The highest BCUT2D eigenvalue weighted by atomic mass is 16.7. The number of carbonyl (C=O) groups is 2. The molecule has 29 heavy (non-hydrogen) atoms. The first-order valence-electron chi connectivity index (χ1n) is 10.1. The van der Waals surface area contributed by atoms with E-state index in [1.807, 2.05) is 54.5 Å². The second kappa shape index (κ2) is 9.13. The summed E-state index contributed by atoms with van der Waals surface area (Å²) in [6.45, 7) is 17.5. The second-order valence-electron chi connectivity index (χ2n) is 8.68. The van der Waals surface area contributed by atoms with E-state index in [1.165, 1.54) is 6.92 Å². The average molecular weight is 407 g/mol. The third kappa shape index (κ3) is 5.93. The molecule has 0 spiro atoms. The van der Waals surface area contributed by atoms with Crippen LogP contribution >= 0.6 is 0 Å². The van der Waals surface area contributed by atoms with Crippen LogP contribution in [0.3, 0.4) is 0 Å². The highest BCUT2D eigenvalue weighted by Crippen LogP contribution is 2.34. The minimum Gasteiger partial charge on any atom is -0.475 e. The summed E-state index contributed by atoms with van der Waals surface area (Å²) in [7, 11) is 0. The molecular weight excluding hydrogens is 372 g/mol. The summed E-state index contributed by atoms with van der Waals surface area (Å²) >= 11 is 0. The molecule has 1 fully saturated rings. The maximum absolute atomic E-state index is 12.1. The van der Waals surface area contributed by atoms with Crippen LogP contribution in [0, 0.1) is 26.2 Å². The molecule has 1 aliphatic rings. The Kier molecular flexibility index (Phi) is 7.30. The Hall–Kier alpha value is -2.12. The molecular formula is C22H34N2O5. The standard InChI is InChI=1S/C22H34N2O5/c1-14-13-19(15(2)16(3)20(14)28-18(5)25)27-17(4)23-9-11-24(12-10-23)29-21(26)22(6,7)8/h13,17H,9-12H2,1-8H3. The van der Waals surface area contributed by atoms with Crippen molar-refractivity contribution in [2.45, 2.75) is 61.6 Å². The molecule has 1 heterocycles. The van der Waals surface area contributed by atoms with Gasteiger partial charge in [0.2, 0.25) is 0 Å². The van der Waals surface area contributed by atoms with Crippen LogP contribution in [0.25, 0.3) is 0 Å². The molecule has 1 aromatic rings. The SMILES string of the molecule is CC(=O)Oc1c(C)cc(OC(C)N2CCN(OC(=O)C(C)(C)C)CC2)c(C)c1C. The molecule has 7 heteroatoms. The van der Waals surface area contributed by atoms with Gasteiger partial charge < -0.3 is 14.3 Å². The number of hydrogen-bond acceptors (Lipinski definition) is 7. The lowest BCUT2D eigenvalue weighted by Crippen LogP contribution is -2.52. The van der Waals surface area contributed by atoms with Gasteiger partial charge in [-0.2, -0.15) is 0 Å². The van der Waals surface area contributed by atoms with Gasteiger partial charge in [-0.1, -0.05) is 0 Å². The number of aryl methyl sites for hydroxylation is 1. The Morgan fingerprint density at radius 2 is 1.62 bits per heavy atom. The fourth-order valence-electron chi connectivity index (χ4n) is 3.12. The molecule has 0 N–H and O–H groups in total. The topological polar surface area (TPSA) is 68.3 Å². The van der Waals surface area contributed by atoms with Crippen LogP contribution in [0.15, 0.2) is 6.07 Å². The van der Waals surface area contributed by atoms with E-state index in [2.05, 4.69) is 4.90 Å². The molecule has 1 aliphatic heterocycles. The first-order chi connectivity index (χ1) is 13.4. The number of hydrogen-bond donors (Lipinski definition) is 0. The van der Waals surface area contributed by atoms with Gasteiger partial charge in [0.1, 0.15) is 17.7 Å². The third-order valence-corrected chi connectivity index (χ3v) is 5.13. The molecule has 162 valence electrons. The lowest BCUT2D eigenvalue weighted by atomic mass is 9.98. The van der Waals surface area contributed by atoms with Crippen LogP contribution in [-0.4, -0.2) is 54.3 Å². The number of nitrogens with zero attached hydrogens (tertiary/aromatic N) is 2.